The highest BCUT2D eigenvalue weighted by molar-refractivity contribution is 5.85. The van der Waals surface area contributed by atoms with Crippen LogP contribution in [-0.4, -0.2) is 48.6 Å². The van der Waals surface area contributed by atoms with Crippen molar-refractivity contribution in [1.29, 1.82) is 0 Å². The highest BCUT2D eigenvalue weighted by atomic mass is 35.5. The first-order valence-electron chi connectivity index (χ1n) is 10.0. The summed E-state index contributed by atoms with van der Waals surface area (Å²) < 4.78 is 11.1. The second-order valence-electron chi connectivity index (χ2n) is 7.98. The number of rotatable bonds is 5. The van der Waals surface area contributed by atoms with Gasteiger partial charge in [0.05, 0.1) is 7.11 Å². The summed E-state index contributed by atoms with van der Waals surface area (Å²) in [4.78, 5) is 18.2. The van der Waals surface area contributed by atoms with Crippen LogP contribution >= 0.6 is 12.4 Å². The lowest BCUT2D eigenvalue weighted by molar-refractivity contribution is -0.119. The topological polar surface area (TPSA) is 104 Å². The van der Waals surface area contributed by atoms with Crippen LogP contribution in [0, 0.1) is 6.92 Å². The number of hydrogen-bond donors (Lipinski definition) is 2. The number of fused-ring (bicyclic) bond motifs is 3. The number of aromatic nitrogens is 1. The Labute approximate surface area is 183 Å². The maximum atomic E-state index is 11.1. The van der Waals surface area contributed by atoms with E-state index in [4.69, 9.17) is 20.9 Å². The highest BCUT2D eigenvalue weighted by Gasteiger charge is 2.39. The van der Waals surface area contributed by atoms with Gasteiger partial charge in [0.2, 0.25) is 0 Å². The van der Waals surface area contributed by atoms with Gasteiger partial charge in [-0.05, 0) is 60.7 Å². The minimum atomic E-state index is -0.509. The molecule has 30 heavy (non-hydrogen) atoms. The van der Waals surface area contributed by atoms with E-state index in [9.17, 15) is 4.79 Å². The van der Waals surface area contributed by atoms with Crippen LogP contribution in [0.2, 0.25) is 0 Å². The SMILES string of the molecule is COc1cc2c(cc1OCC(N)=O)CCN1C[C@H](c3cc(C)ccn3)[C@@H](N)C[C@@H]21.Cl. The predicted molar refractivity (Wildman–Crippen MR) is 117 cm³/mol. The standard InChI is InChI=1S/C22H28N4O3.ClH/c1-13-3-5-25-18(7-13)16-11-26-6-4-14-8-21(29-12-22(24)27)20(28-2)9-15(14)19(26)10-17(16)23;/h3,5,7-9,16-17,19H,4,6,10-12,23H2,1-2H3,(H2,24,27);1H/t16-,17-,19-;/m0./s1. The summed E-state index contributed by atoms with van der Waals surface area (Å²) in [5.74, 6) is 0.890. The fourth-order valence-corrected chi connectivity index (χ4v) is 4.56. The Kier molecular flexibility index (Phi) is 6.85. The van der Waals surface area contributed by atoms with Gasteiger partial charge in [0.1, 0.15) is 0 Å². The molecule has 0 unspecified atom stereocenters. The third kappa shape index (κ3) is 4.38. The molecule has 2 aliphatic rings. The quantitative estimate of drug-likeness (QED) is 0.749. The number of carbonyl (C=O) groups is 1. The minimum Gasteiger partial charge on any atom is -0.493 e. The second kappa shape index (κ2) is 9.20. The Balaban J connectivity index is 0.00000256. The van der Waals surface area contributed by atoms with Crippen LogP contribution in [0.3, 0.4) is 0 Å². The van der Waals surface area contributed by atoms with Crippen molar-refractivity contribution < 1.29 is 14.3 Å². The van der Waals surface area contributed by atoms with Crippen molar-refractivity contribution in [2.24, 2.45) is 11.5 Å². The van der Waals surface area contributed by atoms with Crippen LogP contribution in [0.25, 0.3) is 0 Å². The lowest BCUT2D eigenvalue weighted by Gasteiger charge is -2.46. The van der Waals surface area contributed by atoms with Crippen LogP contribution in [0.4, 0.5) is 0 Å². The zero-order valence-electron chi connectivity index (χ0n) is 17.3. The van der Waals surface area contributed by atoms with Gasteiger partial charge >= 0.3 is 0 Å². The van der Waals surface area contributed by atoms with Gasteiger partial charge in [-0.3, -0.25) is 14.7 Å². The summed E-state index contributed by atoms with van der Waals surface area (Å²) in [7, 11) is 1.60. The predicted octanol–water partition coefficient (Wildman–Crippen LogP) is 2.10. The second-order valence-corrected chi connectivity index (χ2v) is 7.98. The molecule has 3 atom stereocenters. The molecule has 0 bridgehead atoms. The van der Waals surface area contributed by atoms with Crippen LogP contribution in [0.1, 0.15) is 40.8 Å². The third-order valence-electron chi connectivity index (χ3n) is 6.02. The van der Waals surface area contributed by atoms with Gasteiger partial charge in [0, 0.05) is 43.0 Å². The average molecular weight is 433 g/mol. The lowest BCUT2D eigenvalue weighted by atomic mass is 9.79. The number of methoxy groups -OCH3 is 1. The Morgan fingerprint density at radius 1 is 1.30 bits per heavy atom. The molecule has 4 N–H and O–H groups in total. The number of aryl methyl sites for hydroxylation is 1. The van der Waals surface area contributed by atoms with E-state index in [2.05, 4.69) is 22.9 Å². The number of hydrogen-bond acceptors (Lipinski definition) is 6. The summed E-state index contributed by atoms with van der Waals surface area (Å²) in [6.07, 6.45) is 3.64. The minimum absolute atomic E-state index is 0. The molecular weight excluding hydrogens is 404 g/mol. The van der Waals surface area contributed by atoms with Crippen molar-refractivity contribution in [3.8, 4) is 11.5 Å². The molecule has 0 saturated carbocycles. The van der Waals surface area contributed by atoms with E-state index in [1.54, 1.807) is 7.11 Å². The Morgan fingerprint density at radius 3 is 2.80 bits per heavy atom. The van der Waals surface area contributed by atoms with E-state index < -0.39 is 5.91 Å². The number of halogens is 1. The molecule has 2 aliphatic heterocycles. The molecule has 3 heterocycles. The summed E-state index contributed by atoms with van der Waals surface area (Å²) in [6.45, 7) is 3.77. The molecule has 0 radical (unpaired) electrons. The van der Waals surface area contributed by atoms with Crippen LogP contribution in [0.15, 0.2) is 30.5 Å². The van der Waals surface area contributed by atoms with Gasteiger partial charge in [-0.25, -0.2) is 0 Å². The number of nitrogens with zero attached hydrogens (tertiary/aromatic N) is 2. The van der Waals surface area contributed by atoms with Gasteiger partial charge in [-0.1, -0.05) is 0 Å². The summed E-state index contributed by atoms with van der Waals surface area (Å²) in [5.41, 5.74) is 16.6. The van der Waals surface area contributed by atoms with Crippen molar-refractivity contribution in [1.82, 2.24) is 9.88 Å². The van der Waals surface area contributed by atoms with Crippen LogP contribution < -0.4 is 20.9 Å². The average Bonchev–Trinajstić information content (AvgIpc) is 2.71. The molecule has 7 nitrogen and oxygen atoms in total. The van der Waals surface area contributed by atoms with E-state index in [0.29, 0.717) is 11.5 Å². The third-order valence-corrected chi connectivity index (χ3v) is 6.02. The van der Waals surface area contributed by atoms with Gasteiger partial charge in [-0.2, -0.15) is 0 Å². The van der Waals surface area contributed by atoms with Crippen LogP contribution in [-0.2, 0) is 11.2 Å². The van der Waals surface area contributed by atoms with Gasteiger partial charge in [0.25, 0.3) is 5.91 Å². The molecule has 2 aromatic rings. The van der Waals surface area contributed by atoms with Gasteiger partial charge in [-0.15, -0.1) is 12.4 Å². The highest BCUT2D eigenvalue weighted by Crippen LogP contribution is 2.44. The molecule has 8 heteroatoms. The number of pyridine rings is 1. The monoisotopic (exact) mass is 432 g/mol. The molecular formula is C22H29ClN4O3. The van der Waals surface area contributed by atoms with Gasteiger partial charge in [0.15, 0.2) is 18.1 Å². The summed E-state index contributed by atoms with van der Waals surface area (Å²) >= 11 is 0. The Morgan fingerprint density at radius 2 is 2.10 bits per heavy atom. The summed E-state index contributed by atoms with van der Waals surface area (Å²) in [6, 6.07) is 8.45. The number of carbonyl (C=O) groups excluding carboxylic acids is 1. The van der Waals surface area contributed by atoms with E-state index >= 15 is 0 Å². The van der Waals surface area contributed by atoms with Gasteiger partial charge < -0.3 is 20.9 Å². The number of piperidine rings is 1. The molecule has 0 spiro atoms. The summed E-state index contributed by atoms with van der Waals surface area (Å²) in [5, 5.41) is 0. The molecule has 162 valence electrons. The van der Waals surface area contributed by atoms with Crippen LogP contribution in [0.5, 0.6) is 11.5 Å². The van der Waals surface area contributed by atoms with Crippen molar-refractivity contribution in [2.75, 3.05) is 26.8 Å². The maximum Gasteiger partial charge on any atom is 0.255 e. The number of benzene rings is 1. The zero-order chi connectivity index (χ0) is 20.5. The maximum absolute atomic E-state index is 11.1. The first kappa shape index (κ1) is 22.3. The Bertz CT molecular complexity index is 923. The van der Waals surface area contributed by atoms with E-state index in [1.165, 1.54) is 16.7 Å². The number of ether oxygens (including phenoxy) is 2. The fraction of sp³-hybridized carbons (Fsp3) is 0.455. The van der Waals surface area contributed by atoms with Crippen molar-refractivity contribution >= 4 is 18.3 Å². The first-order chi connectivity index (χ1) is 14.0. The normalized spacial score (nSPS) is 23.0. The molecule has 1 amide bonds. The van der Waals surface area contributed by atoms with E-state index in [0.717, 1.165) is 31.6 Å². The molecule has 1 saturated heterocycles. The smallest absolute Gasteiger partial charge is 0.255 e. The number of nitrogens with two attached hydrogens (primary N) is 2. The lowest BCUT2D eigenvalue weighted by Crippen LogP contribution is -2.50. The number of amides is 1. The van der Waals surface area contributed by atoms with E-state index in [-0.39, 0.29) is 37.0 Å². The van der Waals surface area contributed by atoms with Crippen molar-refractivity contribution in [3.05, 3.63) is 52.8 Å². The van der Waals surface area contributed by atoms with E-state index in [1.807, 2.05) is 24.4 Å². The zero-order valence-corrected chi connectivity index (χ0v) is 18.2. The largest absolute Gasteiger partial charge is 0.493 e. The molecule has 1 aromatic carbocycles. The Hall–Kier alpha value is -2.35. The molecule has 1 aromatic heterocycles. The fourth-order valence-electron chi connectivity index (χ4n) is 4.56. The molecule has 4 rings (SSSR count). The van der Waals surface area contributed by atoms with Crippen molar-refractivity contribution in [3.63, 3.8) is 0 Å². The molecule has 1 fully saturated rings. The first-order valence-corrected chi connectivity index (χ1v) is 10.0. The molecule has 0 aliphatic carbocycles. The number of primary amides is 1. The van der Waals surface area contributed by atoms with Crippen molar-refractivity contribution in [2.45, 2.75) is 37.8 Å².